The van der Waals surface area contributed by atoms with Gasteiger partial charge in [-0.15, -0.1) is 0 Å². The van der Waals surface area contributed by atoms with Crippen molar-refractivity contribution in [3.05, 3.63) is 64.9 Å². The molecule has 98 valence electrons. The minimum absolute atomic E-state index is 0.370. The van der Waals surface area contributed by atoms with Crippen molar-refractivity contribution in [2.75, 3.05) is 0 Å². The molecular formula is C13H12ClN3O2. The summed E-state index contributed by atoms with van der Waals surface area (Å²) in [5, 5.41) is 0.504. The number of amides is 1. The van der Waals surface area contributed by atoms with E-state index in [1.807, 2.05) is 6.07 Å². The van der Waals surface area contributed by atoms with Gasteiger partial charge in [0.05, 0.1) is 10.7 Å². The Morgan fingerprint density at radius 3 is 2.63 bits per heavy atom. The molecule has 0 bridgehead atoms. The molecule has 2 rings (SSSR count). The molecule has 0 saturated heterocycles. The van der Waals surface area contributed by atoms with Crippen molar-refractivity contribution in [2.24, 2.45) is 5.73 Å². The standard InChI is InChI=1S/C13H12ClN3O2/c14-10-6-7-11(16-8-10)12(15)19-17-13(18)9-4-2-1-3-5-9/h1-8,12H,15H2,(H,17,18). The van der Waals surface area contributed by atoms with Crippen LogP contribution >= 0.6 is 11.6 Å². The molecule has 3 N–H and O–H groups in total. The molecule has 0 fully saturated rings. The fourth-order valence-electron chi connectivity index (χ4n) is 1.38. The Morgan fingerprint density at radius 1 is 1.26 bits per heavy atom. The molecule has 5 nitrogen and oxygen atoms in total. The molecule has 19 heavy (non-hydrogen) atoms. The van der Waals surface area contributed by atoms with Crippen LogP contribution in [0.2, 0.25) is 5.02 Å². The maximum atomic E-state index is 11.7. The number of carbonyl (C=O) groups is 1. The van der Waals surface area contributed by atoms with Gasteiger partial charge >= 0.3 is 0 Å². The third-order valence-corrected chi connectivity index (χ3v) is 2.58. The van der Waals surface area contributed by atoms with Gasteiger partial charge in [-0.1, -0.05) is 29.8 Å². The molecule has 1 aromatic carbocycles. The lowest BCUT2D eigenvalue weighted by Crippen LogP contribution is -2.29. The number of hydroxylamine groups is 1. The molecule has 1 atom stereocenters. The molecule has 1 aromatic heterocycles. The molecule has 0 aliphatic heterocycles. The van der Waals surface area contributed by atoms with Gasteiger partial charge in [0, 0.05) is 11.8 Å². The number of nitrogens with zero attached hydrogens (tertiary/aromatic N) is 1. The molecular weight excluding hydrogens is 266 g/mol. The van der Waals surface area contributed by atoms with E-state index in [9.17, 15) is 4.79 Å². The first-order valence-corrected chi connectivity index (χ1v) is 5.92. The first-order chi connectivity index (χ1) is 9.16. The molecule has 0 saturated carbocycles. The summed E-state index contributed by atoms with van der Waals surface area (Å²) in [6.45, 7) is 0. The molecule has 1 amide bonds. The second-order valence-electron chi connectivity index (χ2n) is 3.74. The lowest BCUT2D eigenvalue weighted by molar-refractivity contribution is -0.0163. The Balaban J connectivity index is 1.92. The normalized spacial score (nSPS) is 11.9. The van der Waals surface area contributed by atoms with E-state index in [4.69, 9.17) is 22.2 Å². The number of rotatable bonds is 4. The summed E-state index contributed by atoms with van der Waals surface area (Å²) < 4.78 is 0. The number of nitrogens with one attached hydrogen (secondary N) is 1. The minimum Gasteiger partial charge on any atom is -0.299 e. The van der Waals surface area contributed by atoms with Crippen LogP contribution in [0, 0.1) is 0 Å². The van der Waals surface area contributed by atoms with Crippen LogP contribution < -0.4 is 11.2 Å². The molecule has 0 radical (unpaired) electrons. The molecule has 1 heterocycles. The monoisotopic (exact) mass is 277 g/mol. The molecule has 6 heteroatoms. The Hall–Kier alpha value is -1.95. The topological polar surface area (TPSA) is 77.2 Å². The van der Waals surface area contributed by atoms with Crippen LogP contribution in [0.4, 0.5) is 0 Å². The molecule has 2 aromatic rings. The van der Waals surface area contributed by atoms with E-state index in [0.29, 0.717) is 16.3 Å². The van der Waals surface area contributed by atoms with E-state index in [0.717, 1.165) is 0 Å². The van der Waals surface area contributed by atoms with Crippen molar-refractivity contribution in [2.45, 2.75) is 6.23 Å². The van der Waals surface area contributed by atoms with Crippen LogP contribution in [-0.4, -0.2) is 10.9 Å². The number of carbonyl (C=O) groups excluding carboxylic acids is 1. The van der Waals surface area contributed by atoms with Crippen molar-refractivity contribution < 1.29 is 9.63 Å². The number of halogens is 1. The van der Waals surface area contributed by atoms with E-state index in [-0.39, 0.29) is 5.91 Å². The van der Waals surface area contributed by atoms with Crippen molar-refractivity contribution in [1.82, 2.24) is 10.5 Å². The summed E-state index contributed by atoms with van der Waals surface area (Å²) in [7, 11) is 0. The highest BCUT2D eigenvalue weighted by atomic mass is 35.5. The quantitative estimate of drug-likeness (QED) is 0.662. The summed E-state index contributed by atoms with van der Waals surface area (Å²) in [6.07, 6.45) is 0.601. The van der Waals surface area contributed by atoms with Crippen LogP contribution in [0.15, 0.2) is 48.7 Å². The van der Waals surface area contributed by atoms with Gasteiger partial charge in [-0.3, -0.25) is 15.5 Å². The van der Waals surface area contributed by atoms with Crippen LogP contribution in [0.25, 0.3) is 0 Å². The van der Waals surface area contributed by atoms with E-state index in [1.54, 1.807) is 36.4 Å². The first-order valence-electron chi connectivity index (χ1n) is 5.55. The Kier molecular flexibility index (Phi) is 4.46. The van der Waals surface area contributed by atoms with Gasteiger partial charge in [0.2, 0.25) is 0 Å². The van der Waals surface area contributed by atoms with Crippen LogP contribution in [-0.2, 0) is 4.84 Å². The fraction of sp³-hybridized carbons (Fsp3) is 0.0769. The average molecular weight is 278 g/mol. The predicted octanol–water partition coefficient (Wildman–Crippen LogP) is 2.05. The van der Waals surface area contributed by atoms with Crippen molar-refractivity contribution in [3.63, 3.8) is 0 Å². The Morgan fingerprint density at radius 2 is 2.00 bits per heavy atom. The average Bonchev–Trinajstić information content (AvgIpc) is 2.46. The largest absolute Gasteiger partial charge is 0.299 e. The predicted molar refractivity (Wildman–Crippen MR) is 71.2 cm³/mol. The number of pyridine rings is 1. The van der Waals surface area contributed by atoms with Crippen LogP contribution in [0.1, 0.15) is 22.3 Å². The number of benzene rings is 1. The molecule has 0 aliphatic rings. The van der Waals surface area contributed by atoms with E-state index in [2.05, 4.69) is 10.5 Å². The first kappa shape index (κ1) is 13.5. The van der Waals surface area contributed by atoms with Gasteiger partial charge in [-0.25, -0.2) is 10.3 Å². The van der Waals surface area contributed by atoms with Gasteiger partial charge < -0.3 is 0 Å². The molecule has 0 aliphatic carbocycles. The highest BCUT2D eigenvalue weighted by molar-refractivity contribution is 6.30. The summed E-state index contributed by atoms with van der Waals surface area (Å²) >= 11 is 5.71. The highest BCUT2D eigenvalue weighted by Crippen LogP contribution is 2.11. The smallest absolute Gasteiger partial charge is 0.274 e. The summed E-state index contributed by atoms with van der Waals surface area (Å²) in [5.41, 5.74) is 8.96. The number of aromatic nitrogens is 1. The highest BCUT2D eigenvalue weighted by Gasteiger charge is 2.11. The summed E-state index contributed by atoms with van der Waals surface area (Å²) in [4.78, 5) is 20.8. The molecule has 1 unspecified atom stereocenters. The van der Waals surface area contributed by atoms with E-state index >= 15 is 0 Å². The van der Waals surface area contributed by atoms with Gasteiger partial charge in [0.25, 0.3) is 5.91 Å². The van der Waals surface area contributed by atoms with Gasteiger partial charge in [0.1, 0.15) is 0 Å². The Bertz CT molecular complexity index is 546. The number of nitrogens with two attached hydrogens (primary N) is 1. The zero-order valence-corrected chi connectivity index (χ0v) is 10.7. The minimum atomic E-state index is -0.857. The van der Waals surface area contributed by atoms with Crippen molar-refractivity contribution in [3.8, 4) is 0 Å². The maximum Gasteiger partial charge on any atom is 0.274 e. The second kappa shape index (κ2) is 6.29. The third kappa shape index (κ3) is 3.75. The number of hydrogen-bond acceptors (Lipinski definition) is 4. The second-order valence-corrected chi connectivity index (χ2v) is 4.17. The van der Waals surface area contributed by atoms with Gasteiger partial charge in [-0.2, -0.15) is 0 Å². The maximum absolute atomic E-state index is 11.7. The fourth-order valence-corrected chi connectivity index (χ4v) is 1.49. The lowest BCUT2D eigenvalue weighted by Gasteiger charge is -2.12. The zero-order chi connectivity index (χ0) is 13.7. The van der Waals surface area contributed by atoms with Gasteiger partial charge in [-0.05, 0) is 24.3 Å². The van der Waals surface area contributed by atoms with Crippen LogP contribution in [0.5, 0.6) is 0 Å². The van der Waals surface area contributed by atoms with Crippen molar-refractivity contribution >= 4 is 17.5 Å². The summed E-state index contributed by atoms with van der Waals surface area (Å²) in [5.74, 6) is -0.370. The molecule has 0 spiro atoms. The SMILES string of the molecule is NC(ONC(=O)c1ccccc1)c1ccc(Cl)cn1. The number of hydrogen-bond donors (Lipinski definition) is 2. The van der Waals surface area contributed by atoms with E-state index in [1.165, 1.54) is 6.20 Å². The Labute approximate surface area is 115 Å². The van der Waals surface area contributed by atoms with E-state index < -0.39 is 6.23 Å². The third-order valence-electron chi connectivity index (χ3n) is 2.36. The van der Waals surface area contributed by atoms with Gasteiger partial charge in [0.15, 0.2) is 6.23 Å². The van der Waals surface area contributed by atoms with Crippen molar-refractivity contribution in [1.29, 1.82) is 0 Å². The summed E-state index contributed by atoms with van der Waals surface area (Å²) in [6, 6.07) is 12.0. The zero-order valence-electron chi connectivity index (χ0n) is 9.92. The van der Waals surface area contributed by atoms with Crippen LogP contribution in [0.3, 0.4) is 0 Å². The lowest BCUT2D eigenvalue weighted by atomic mass is 10.2.